The maximum Gasteiger partial charge on any atom is 0.170 e. The summed E-state index contributed by atoms with van der Waals surface area (Å²) in [7, 11) is -2.26. The first kappa shape index (κ1) is 42.1. The summed E-state index contributed by atoms with van der Waals surface area (Å²) < 4.78 is 28.3. The van der Waals surface area contributed by atoms with Gasteiger partial charge in [-0.3, -0.25) is 0 Å². The number of ether oxygens (including phenoxy) is 4. The Kier molecular flexibility index (Phi) is 11.9. The van der Waals surface area contributed by atoms with Gasteiger partial charge in [0.15, 0.2) is 23.0 Å². The quantitative estimate of drug-likeness (QED) is 0.150. The molecule has 0 amide bonds. The first-order valence-electron chi connectivity index (χ1n) is 21.5. The summed E-state index contributed by atoms with van der Waals surface area (Å²) in [6.45, 7) is 26.4. The van der Waals surface area contributed by atoms with Crippen molar-refractivity contribution in [2.24, 2.45) is 0 Å². The monoisotopic (exact) mass is 834 g/mol. The molecule has 0 radical (unpaired) electrons. The van der Waals surface area contributed by atoms with Crippen molar-refractivity contribution in [3.8, 4) is 34.1 Å². The van der Waals surface area contributed by atoms with E-state index in [0.29, 0.717) is 0 Å². The van der Waals surface area contributed by atoms with Gasteiger partial charge in [0.05, 0.1) is 24.4 Å². The predicted molar refractivity (Wildman–Crippen MR) is 257 cm³/mol. The fourth-order valence-electron chi connectivity index (χ4n) is 9.52. The van der Waals surface area contributed by atoms with E-state index in [9.17, 15) is 0 Å². The number of aryl methyl sites for hydroxylation is 8. The zero-order valence-electron chi connectivity index (χ0n) is 37.5. The van der Waals surface area contributed by atoms with Gasteiger partial charge in [-0.05, 0) is 155 Å². The average molecular weight is 835 g/mol. The van der Waals surface area contributed by atoms with Crippen molar-refractivity contribution in [1.29, 1.82) is 0 Å². The van der Waals surface area contributed by atoms with Crippen molar-refractivity contribution in [1.82, 2.24) is 0 Å². The van der Waals surface area contributed by atoms with Crippen molar-refractivity contribution in [2.45, 2.75) is 120 Å². The fourth-order valence-corrected chi connectivity index (χ4v) is 15.2. The van der Waals surface area contributed by atoms with Crippen LogP contribution in [-0.4, -0.2) is 24.4 Å². The lowest BCUT2D eigenvalue weighted by molar-refractivity contribution is 0.167. The van der Waals surface area contributed by atoms with Crippen molar-refractivity contribution in [2.75, 3.05) is 0 Å². The molecule has 0 aliphatic carbocycles. The van der Waals surface area contributed by atoms with Gasteiger partial charge >= 0.3 is 0 Å². The van der Waals surface area contributed by atoms with E-state index in [1.807, 2.05) is 0 Å². The van der Waals surface area contributed by atoms with Crippen molar-refractivity contribution in [3.63, 3.8) is 0 Å². The van der Waals surface area contributed by atoms with Crippen LogP contribution in [0.5, 0.6) is 23.0 Å². The second-order valence-corrected chi connectivity index (χ2v) is 22.2. The van der Waals surface area contributed by atoms with Crippen LogP contribution >= 0.6 is 15.8 Å². The molecular weight excluding hydrogens is 775 g/mol. The molecule has 4 nitrogen and oxygen atoms in total. The number of fused-ring (bicyclic) bond motifs is 2. The Morgan fingerprint density at radius 2 is 0.600 bits per heavy atom. The molecule has 8 rings (SSSR count). The standard InChI is InChI=1S/C54H60O4P2/c1-31-17-32(2)22-43(21-31)59(44-23-33(3)18-34(4)24-44)49-15-13-47-53(57-41(11)29-39(9)55-47)51(49)52-50(16-14-48-54(52)58-42(12)30-40(10)56-48)60(45-25-35(5)19-36(6)26-45)46-27-37(7)20-38(8)28-46/h13-28,39-42H,29-30H2,1-12H3. The number of hydrogen-bond acceptors (Lipinski definition) is 4. The molecule has 4 atom stereocenters. The van der Waals surface area contributed by atoms with Crippen LogP contribution in [0.3, 0.4) is 0 Å². The van der Waals surface area contributed by atoms with E-state index >= 15 is 0 Å². The van der Waals surface area contributed by atoms with Crippen LogP contribution in [0.25, 0.3) is 11.1 Å². The Labute approximate surface area is 361 Å². The highest BCUT2D eigenvalue weighted by Crippen LogP contribution is 2.54. The van der Waals surface area contributed by atoms with E-state index in [1.165, 1.54) is 76.3 Å². The minimum absolute atomic E-state index is 0.0178. The molecule has 60 heavy (non-hydrogen) atoms. The molecule has 6 heteroatoms. The third-order valence-corrected chi connectivity index (χ3v) is 16.2. The second kappa shape index (κ2) is 17.0. The van der Waals surface area contributed by atoms with Crippen molar-refractivity contribution in [3.05, 3.63) is 142 Å². The lowest BCUT2D eigenvalue weighted by atomic mass is 10.0. The molecule has 0 fully saturated rings. The molecule has 0 aromatic heterocycles. The molecule has 6 aromatic carbocycles. The molecule has 0 saturated heterocycles. The second-order valence-electron chi connectivity index (χ2n) is 17.8. The topological polar surface area (TPSA) is 36.9 Å². The molecule has 0 saturated carbocycles. The van der Waals surface area contributed by atoms with Gasteiger partial charge in [0, 0.05) is 24.0 Å². The van der Waals surface area contributed by atoms with Gasteiger partial charge in [0.25, 0.3) is 0 Å². The minimum Gasteiger partial charge on any atom is -0.487 e. The van der Waals surface area contributed by atoms with Gasteiger partial charge in [-0.2, -0.15) is 0 Å². The average Bonchev–Trinajstić information content (AvgIpc) is 3.37. The molecule has 2 aliphatic rings. The van der Waals surface area contributed by atoms with E-state index in [2.05, 4.69) is 180 Å². The highest BCUT2D eigenvalue weighted by atomic mass is 31.1. The normalized spacial score (nSPS) is 18.7. The maximum atomic E-state index is 7.26. The third kappa shape index (κ3) is 8.75. The van der Waals surface area contributed by atoms with Crippen LogP contribution in [0.2, 0.25) is 0 Å². The van der Waals surface area contributed by atoms with Crippen molar-refractivity contribution < 1.29 is 18.9 Å². The SMILES string of the molecule is Cc1cc(C)cc(P(c2cc(C)cc(C)c2)c2ccc3c(c2-c2c(P(c4cc(C)cc(C)c4)c4cc(C)cc(C)c4)ccc4c2OC(C)CC(C)O4)OC(C)CC(C)O3)c1. The number of hydrogen-bond donors (Lipinski definition) is 0. The summed E-state index contributed by atoms with van der Waals surface area (Å²) in [6.07, 6.45) is 1.36. The fraction of sp³-hybridized carbons (Fsp3) is 0.333. The van der Waals surface area contributed by atoms with Gasteiger partial charge in [-0.15, -0.1) is 0 Å². The van der Waals surface area contributed by atoms with Crippen LogP contribution in [0.4, 0.5) is 0 Å². The molecule has 0 spiro atoms. The highest BCUT2D eigenvalue weighted by molar-refractivity contribution is 7.80. The molecule has 4 unspecified atom stereocenters. The zero-order valence-corrected chi connectivity index (χ0v) is 39.3. The van der Waals surface area contributed by atoms with Crippen LogP contribution in [0.15, 0.2) is 97.1 Å². The summed E-state index contributed by atoms with van der Waals surface area (Å²) in [5.74, 6) is 3.10. The summed E-state index contributed by atoms with van der Waals surface area (Å²) in [6, 6.07) is 37.3. The minimum atomic E-state index is -1.13. The first-order chi connectivity index (χ1) is 28.6. The smallest absolute Gasteiger partial charge is 0.170 e. The summed E-state index contributed by atoms with van der Waals surface area (Å²) in [5.41, 5.74) is 12.1. The van der Waals surface area contributed by atoms with Gasteiger partial charge in [-0.25, -0.2) is 0 Å². The lowest BCUT2D eigenvalue weighted by Crippen LogP contribution is -2.28. The van der Waals surface area contributed by atoms with Gasteiger partial charge in [0.1, 0.15) is 0 Å². The Bertz CT molecular complexity index is 2230. The molecular formula is C54H60O4P2. The largest absolute Gasteiger partial charge is 0.487 e. The van der Waals surface area contributed by atoms with E-state index in [0.717, 1.165) is 47.0 Å². The van der Waals surface area contributed by atoms with Crippen LogP contribution in [0, 0.1) is 55.4 Å². The van der Waals surface area contributed by atoms with Crippen LogP contribution < -0.4 is 50.8 Å². The summed E-state index contributed by atoms with van der Waals surface area (Å²) in [4.78, 5) is 0. The van der Waals surface area contributed by atoms with E-state index in [4.69, 9.17) is 18.9 Å². The third-order valence-electron chi connectivity index (χ3n) is 11.4. The zero-order chi connectivity index (χ0) is 42.6. The number of rotatable bonds is 7. The highest BCUT2D eigenvalue weighted by Gasteiger charge is 2.37. The maximum absolute atomic E-state index is 7.26. The molecule has 0 N–H and O–H groups in total. The Morgan fingerprint density at radius 3 is 0.867 bits per heavy atom. The molecule has 2 aliphatic heterocycles. The first-order valence-corrected chi connectivity index (χ1v) is 24.2. The van der Waals surface area contributed by atoms with E-state index in [1.54, 1.807) is 0 Å². The van der Waals surface area contributed by atoms with Gasteiger partial charge < -0.3 is 18.9 Å². The Morgan fingerprint density at radius 1 is 0.350 bits per heavy atom. The molecule has 0 bridgehead atoms. The van der Waals surface area contributed by atoms with Gasteiger partial charge in [-0.1, -0.05) is 117 Å². The molecule has 310 valence electrons. The van der Waals surface area contributed by atoms with E-state index < -0.39 is 15.8 Å². The van der Waals surface area contributed by atoms with Gasteiger partial charge in [0.2, 0.25) is 0 Å². The number of benzene rings is 6. The summed E-state index contributed by atoms with van der Waals surface area (Å²) >= 11 is 0. The lowest BCUT2D eigenvalue weighted by Gasteiger charge is -2.31. The molecule has 6 aromatic rings. The Balaban J connectivity index is 1.57. The van der Waals surface area contributed by atoms with E-state index in [-0.39, 0.29) is 24.4 Å². The Hall–Kier alpha value is -4.62. The molecule has 2 heterocycles. The van der Waals surface area contributed by atoms with Crippen LogP contribution in [0.1, 0.15) is 85.0 Å². The van der Waals surface area contributed by atoms with Crippen molar-refractivity contribution >= 4 is 47.7 Å². The summed E-state index contributed by atoms with van der Waals surface area (Å²) in [5, 5.41) is 7.64. The predicted octanol–water partition coefficient (Wildman–Crippen LogP) is 11.2. The van der Waals surface area contributed by atoms with Crippen LogP contribution in [-0.2, 0) is 0 Å².